The van der Waals surface area contributed by atoms with E-state index in [9.17, 15) is 13.2 Å². The Balaban J connectivity index is 2.75. The summed E-state index contributed by atoms with van der Waals surface area (Å²) in [5.41, 5.74) is 2.63. The van der Waals surface area contributed by atoms with Crippen LogP contribution in [0.2, 0.25) is 0 Å². The summed E-state index contributed by atoms with van der Waals surface area (Å²) in [6.07, 6.45) is -2.17. The van der Waals surface area contributed by atoms with Crippen molar-refractivity contribution >= 4 is 0 Å². The molecule has 88 valence electrons. The number of halogens is 3. The van der Waals surface area contributed by atoms with E-state index in [1.807, 2.05) is 0 Å². The van der Waals surface area contributed by atoms with Gasteiger partial charge in [-0.05, 0) is 24.1 Å². The fraction of sp³-hybridized carbons (Fsp3) is 0.273. The highest BCUT2D eigenvalue weighted by Gasteiger charge is 2.29. The van der Waals surface area contributed by atoms with E-state index in [4.69, 9.17) is 5.84 Å². The molecule has 1 aromatic carbocycles. The molecule has 3 N–H and O–H groups in total. The SMILES string of the molecule is C=CC(Cc1ccc(C(F)(F)F)cc1)NN. The molecule has 1 aromatic rings. The molecule has 2 nitrogen and oxygen atoms in total. The van der Waals surface area contributed by atoms with Crippen LogP contribution in [0.4, 0.5) is 13.2 Å². The van der Waals surface area contributed by atoms with E-state index >= 15 is 0 Å². The van der Waals surface area contributed by atoms with Gasteiger partial charge in [-0.1, -0.05) is 18.2 Å². The summed E-state index contributed by atoms with van der Waals surface area (Å²) in [5, 5.41) is 0. The van der Waals surface area contributed by atoms with Crippen molar-refractivity contribution in [3.05, 3.63) is 48.0 Å². The number of alkyl halides is 3. The Labute approximate surface area is 91.9 Å². The van der Waals surface area contributed by atoms with Gasteiger partial charge in [0.25, 0.3) is 0 Å². The van der Waals surface area contributed by atoms with Gasteiger partial charge in [-0.25, -0.2) is 0 Å². The lowest BCUT2D eigenvalue weighted by molar-refractivity contribution is -0.137. The number of nitrogens with one attached hydrogen (secondary N) is 1. The third-order valence-corrected chi connectivity index (χ3v) is 2.24. The van der Waals surface area contributed by atoms with Gasteiger partial charge in [0.05, 0.1) is 5.56 Å². The van der Waals surface area contributed by atoms with Crippen molar-refractivity contribution in [2.75, 3.05) is 0 Å². The first-order valence-corrected chi connectivity index (χ1v) is 4.72. The van der Waals surface area contributed by atoms with Crippen molar-refractivity contribution in [1.82, 2.24) is 5.43 Å². The first-order valence-electron chi connectivity index (χ1n) is 4.72. The zero-order chi connectivity index (χ0) is 12.2. The normalized spacial score (nSPS) is 13.5. The van der Waals surface area contributed by atoms with Gasteiger partial charge in [0.15, 0.2) is 0 Å². The number of rotatable bonds is 4. The van der Waals surface area contributed by atoms with E-state index in [0.29, 0.717) is 6.42 Å². The van der Waals surface area contributed by atoms with Crippen molar-refractivity contribution in [1.29, 1.82) is 0 Å². The van der Waals surface area contributed by atoms with Crippen LogP contribution in [0.15, 0.2) is 36.9 Å². The van der Waals surface area contributed by atoms with Crippen LogP contribution in [-0.4, -0.2) is 6.04 Å². The van der Waals surface area contributed by atoms with Crippen molar-refractivity contribution in [2.24, 2.45) is 5.84 Å². The average Bonchev–Trinajstić information content (AvgIpc) is 2.25. The Kier molecular flexibility index (Phi) is 4.09. The molecule has 0 fully saturated rings. The minimum absolute atomic E-state index is 0.142. The predicted octanol–water partition coefficient (Wildman–Crippen LogP) is 2.27. The first kappa shape index (κ1) is 12.7. The predicted molar refractivity (Wildman–Crippen MR) is 56.5 cm³/mol. The summed E-state index contributed by atoms with van der Waals surface area (Å²) < 4.78 is 36.8. The smallest absolute Gasteiger partial charge is 0.271 e. The van der Waals surface area contributed by atoms with Gasteiger partial charge in [0.2, 0.25) is 0 Å². The van der Waals surface area contributed by atoms with Gasteiger partial charge in [0.1, 0.15) is 0 Å². The van der Waals surface area contributed by atoms with Gasteiger partial charge in [-0.2, -0.15) is 13.2 Å². The molecule has 16 heavy (non-hydrogen) atoms. The van der Waals surface area contributed by atoms with Crippen LogP contribution >= 0.6 is 0 Å². The molecule has 0 saturated carbocycles. The first-order chi connectivity index (χ1) is 7.47. The maximum absolute atomic E-state index is 12.3. The molecule has 0 bridgehead atoms. The number of hydrogen-bond donors (Lipinski definition) is 2. The number of hydrazine groups is 1. The maximum atomic E-state index is 12.3. The molecule has 0 spiro atoms. The third-order valence-electron chi connectivity index (χ3n) is 2.24. The molecule has 0 aromatic heterocycles. The van der Waals surface area contributed by atoms with E-state index in [1.165, 1.54) is 12.1 Å². The molecular formula is C11H13F3N2. The van der Waals surface area contributed by atoms with Gasteiger partial charge in [0, 0.05) is 6.04 Å². The molecule has 0 radical (unpaired) electrons. The lowest BCUT2D eigenvalue weighted by Crippen LogP contribution is -2.34. The topological polar surface area (TPSA) is 38.0 Å². The standard InChI is InChI=1S/C11H13F3N2/c1-2-10(16-15)7-8-3-5-9(6-4-8)11(12,13)14/h2-6,10,16H,1,7,15H2. The molecular weight excluding hydrogens is 217 g/mol. The van der Waals surface area contributed by atoms with Crippen LogP contribution in [0.1, 0.15) is 11.1 Å². The quantitative estimate of drug-likeness (QED) is 0.473. The third kappa shape index (κ3) is 3.36. The molecule has 1 rings (SSSR count). The second kappa shape index (κ2) is 5.14. The highest BCUT2D eigenvalue weighted by molar-refractivity contribution is 5.25. The van der Waals surface area contributed by atoms with Crippen LogP contribution < -0.4 is 11.3 Å². The molecule has 1 unspecified atom stereocenters. The van der Waals surface area contributed by atoms with E-state index in [0.717, 1.165) is 17.7 Å². The van der Waals surface area contributed by atoms with E-state index < -0.39 is 11.7 Å². The second-order valence-corrected chi connectivity index (χ2v) is 3.41. The Morgan fingerprint density at radius 3 is 2.25 bits per heavy atom. The summed E-state index contributed by atoms with van der Waals surface area (Å²) in [6.45, 7) is 3.56. The Bertz CT molecular complexity index is 343. The Hall–Kier alpha value is -1.33. The minimum Gasteiger partial charge on any atom is -0.271 e. The fourth-order valence-corrected chi connectivity index (χ4v) is 1.29. The van der Waals surface area contributed by atoms with Gasteiger partial charge in [-0.3, -0.25) is 11.3 Å². The average molecular weight is 230 g/mol. The summed E-state index contributed by atoms with van der Waals surface area (Å²) in [4.78, 5) is 0. The van der Waals surface area contributed by atoms with Crippen LogP contribution in [0, 0.1) is 0 Å². The van der Waals surface area contributed by atoms with E-state index in [1.54, 1.807) is 6.08 Å². The fourth-order valence-electron chi connectivity index (χ4n) is 1.29. The molecule has 1 atom stereocenters. The molecule has 0 aliphatic heterocycles. The van der Waals surface area contributed by atoms with Crippen molar-refractivity contribution in [3.63, 3.8) is 0 Å². The maximum Gasteiger partial charge on any atom is 0.416 e. The zero-order valence-corrected chi connectivity index (χ0v) is 8.59. The lowest BCUT2D eigenvalue weighted by atomic mass is 10.0. The Morgan fingerprint density at radius 1 is 1.31 bits per heavy atom. The molecule has 0 aliphatic rings. The summed E-state index contributed by atoms with van der Waals surface area (Å²) in [6, 6.07) is 4.86. The van der Waals surface area contributed by atoms with Crippen LogP contribution in [0.5, 0.6) is 0 Å². The number of benzene rings is 1. The molecule has 0 aliphatic carbocycles. The minimum atomic E-state index is -4.29. The van der Waals surface area contributed by atoms with Crippen LogP contribution in [0.3, 0.4) is 0 Å². The number of hydrogen-bond acceptors (Lipinski definition) is 2. The van der Waals surface area contributed by atoms with Crippen molar-refractivity contribution in [3.8, 4) is 0 Å². The van der Waals surface area contributed by atoms with Gasteiger partial charge in [-0.15, -0.1) is 6.58 Å². The van der Waals surface area contributed by atoms with E-state index in [2.05, 4.69) is 12.0 Å². The molecule has 0 saturated heterocycles. The lowest BCUT2D eigenvalue weighted by Gasteiger charge is -2.12. The molecule has 0 heterocycles. The number of nitrogens with two attached hydrogens (primary N) is 1. The molecule has 5 heteroatoms. The van der Waals surface area contributed by atoms with Gasteiger partial charge >= 0.3 is 6.18 Å². The highest BCUT2D eigenvalue weighted by atomic mass is 19.4. The summed E-state index contributed by atoms with van der Waals surface area (Å²) in [7, 11) is 0. The van der Waals surface area contributed by atoms with Crippen molar-refractivity contribution in [2.45, 2.75) is 18.6 Å². The van der Waals surface area contributed by atoms with Crippen molar-refractivity contribution < 1.29 is 13.2 Å². The van der Waals surface area contributed by atoms with E-state index in [-0.39, 0.29) is 6.04 Å². The van der Waals surface area contributed by atoms with Crippen LogP contribution in [0.25, 0.3) is 0 Å². The zero-order valence-electron chi connectivity index (χ0n) is 8.59. The second-order valence-electron chi connectivity index (χ2n) is 3.41. The Morgan fingerprint density at radius 2 is 1.88 bits per heavy atom. The summed E-state index contributed by atoms with van der Waals surface area (Å²) in [5.74, 6) is 5.23. The monoisotopic (exact) mass is 230 g/mol. The highest BCUT2D eigenvalue weighted by Crippen LogP contribution is 2.29. The van der Waals surface area contributed by atoms with Crippen LogP contribution in [-0.2, 0) is 12.6 Å². The van der Waals surface area contributed by atoms with Gasteiger partial charge < -0.3 is 0 Å². The molecule has 0 amide bonds. The largest absolute Gasteiger partial charge is 0.416 e. The summed E-state index contributed by atoms with van der Waals surface area (Å²) >= 11 is 0.